The quantitative estimate of drug-likeness (QED) is 0.804. The van der Waals surface area contributed by atoms with Gasteiger partial charge in [-0.25, -0.2) is 4.39 Å². The highest BCUT2D eigenvalue weighted by Gasteiger charge is 2.26. The highest BCUT2D eigenvalue weighted by molar-refractivity contribution is 5.77. The fraction of sp³-hybridized carbons (Fsp3) is 0.300. The Labute approximate surface area is 90.6 Å². The number of aliphatic carboxylic acids is 1. The predicted molar refractivity (Wildman–Crippen MR) is 51.9 cm³/mol. The SMILES string of the molecule is NC(C(=O)O)c1cc(CF)cc2c1OCO2. The number of fused-ring (bicyclic) bond motifs is 1. The summed E-state index contributed by atoms with van der Waals surface area (Å²) in [5.41, 5.74) is 6.02. The summed E-state index contributed by atoms with van der Waals surface area (Å²) < 4.78 is 22.7. The van der Waals surface area contributed by atoms with E-state index in [1.54, 1.807) is 0 Å². The lowest BCUT2D eigenvalue weighted by Crippen LogP contribution is -2.21. The molecule has 0 bridgehead atoms. The van der Waals surface area contributed by atoms with E-state index < -0.39 is 18.7 Å². The predicted octanol–water partition coefficient (Wildman–Crippen LogP) is 0.969. The van der Waals surface area contributed by atoms with Gasteiger partial charge in [0.25, 0.3) is 0 Å². The van der Waals surface area contributed by atoms with Gasteiger partial charge in [-0.1, -0.05) is 0 Å². The van der Waals surface area contributed by atoms with Crippen LogP contribution in [0.2, 0.25) is 0 Å². The van der Waals surface area contributed by atoms with Gasteiger partial charge in [-0.05, 0) is 17.7 Å². The maximum absolute atomic E-state index is 12.6. The van der Waals surface area contributed by atoms with Crippen LogP contribution in [0.25, 0.3) is 0 Å². The van der Waals surface area contributed by atoms with Crippen LogP contribution in [0.3, 0.4) is 0 Å². The molecule has 0 radical (unpaired) electrons. The molecule has 5 nitrogen and oxygen atoms in total. The Morgan fingerprint density at radius 2 is 2.31 bits per heavy atom. The van der Waals surface area contributed by atoms with Gasteiger partial charge in [0.1, 0.15) is 12.7 Å². The van der Waals surface area contributed by atoms with Crippen LogP contribution in [0, 0.1) is 0 Å². The molecule has 2 rings (SSSR count). The molecule has 0 spiro atoms. The molecular weight excluding hydrogens is 217 g/mol. The number of halogens is 1. The number of ether oxygens (including phenoxy) is 2. The third-order valence-corrected chi connectivity index (χ3v) is 2.32. The summed E-state index contributed by atoms with van der Waals surface area (Å²) in [5.74, 6) is -0.581. The van der Waals surface area contributed by atoms with E-state index in [2.05, 4.69) is 0 Å². The summed E-state index contributed by atoms with van der Waals surface area (Å²) >= 11 is 0. The van der Waals surface area contributed by atoms with Crippen molar-refractivity contribution in [2.24, 2.45) is 5.73 Å². The van der Waals surface area contributed by atoms with Crippen molar-refractivity contribution in [1.29, 1.82) is 0 Å². The Morgan fingerprint density at radius 3 is 2.94 bits per heavy atom. The summed E-state index contributed by atoms with van der Waals surface area (Å²) in [4.78, 5) is 10.8. The first kappa shape index (κ1) is 10.7. The zero-order valence-corrected chi connectivity index (χ0v) is 8.27. The van der Waals surface area contributed by atoms with Crippen molar-refractivity contribution in [3.8, 4) is 11.5 Å². The lowest BCUT2D eigenvalue weighted by atomic mass is 10.0. The number of carboxylic acid groups (broad SMARTS) is 1. The molecule has 0 amide bonds. The Morgan fingerprint density at radius 1 is 1.56 bits per heavy atom. The van der Waals surface area contributed by atoms with Crippen LogP contribution in [-0.2, 0) is 11.5 Å². The Bertz CT molecular complexity index is 435. The smallest absolute Gasteiger partial charge is 0.325 e. The molecule has 1 aromatic carbocycles. The first-order valence-electron chi connectivity index (χ1n) is 4.60. The minimum Gasteiger partial charge on any atom is -0.480 e. The van der Waals surface area contributed by atoms with Crippen molar-refractivity contribution in [2.75, 3.05) is 6.79 Å². The number of carboxylic acids is 1. The van der Waals surface area contributed by atoms with Crippen LogP contribution < -0.4 is 15.2 Å². The van der Waals surface area contributed by atoms with Gasteiger partial charge in [-0.2, -0.15) is 0 Å². The molecule has 0 aliphatic carbocycles. The van der Waals surface area contributed by atoms with Crippen molar-refractivity contribution >= 4 is 5.97 Å². The van der Waals surface area contributed by atoms with Gasteiger partial charge in [-0.3, -0.25) is 4.79 Å². The van der Waals surface area contributed by atoms with Gasteiger partial charge in [-0.15, -0.1) is 0 Å². The molecule has 0 aromatic heterocycles. The van der Waals surface area contributed by atoms with E-state index in [1.807, 2.05) is 0 Å². The molecule has 0 saturated carbocycles. The van der Waals surface area contributed by atoms with Crippen LogP contribution in [0.5, 0.6) is 11.5 Å². The van der Waals surface area contributed by atoms with Gasteiger partial charge in [0, 0.05) is 5.56 Å². The largest absolute Gasteiger partial charge is 0.480 e. The molecule has 1 aliphatic rings. The molecule has 0 fully saturated rings. The fourth-order valence-corrected chi connectivity index (χ4v) is 1.54. The van der Waals surface area contributed by atoms with Crippen molar-refractivity contribution in [2.45, 2.75) is 12.7 Å². The van der Waals surface area contributed by atoms with Crippen LogP contribution in [0.1, 0.15) is 17.2 Å². The van der Waals surface area contributed by atoms with Gasteiger partial charge < -0.3 is 20.3 Å². The van der Waals surface area contributed by atoms with E-state index in [0.29, 0.717) is 11.3 Å². The molecule has 1 atom stereocenters. The second-order valence-electron chi connectivity index (χ2n) is 3.37. The molecule has 0 saturated heterocycles. The van der Waals surface area contributed by atoms with E-state index in [4.69, 9.17) is 20.3 Å². The molecule has 6 heteroatoms. The number of alkyl halides is 1. The monoisotopic (exact) mass is 227 g/mol. The van der Waals surface area contributed by atoms with E-state index in [0.717, 1.165) is 0 Å². The summed E-state index contributed by atoms with van der Waals surface area (Å²) in [5, 5.41) is 8.82. The first-order valence-corrected chi connectivity index (χ1v) is 4.60. The maximum Gasteiger partial charge on any atom is 0.325 e. The Balaban J connectivity index is 2.50. The number of nitrogens with two attached hydrogens (primary N) is 1. The van der Waals surface area contributed by atoms with Crippen LogP contribution in [0.15, 0.2) is 12.1 Å². The second kappa shape index (κ2) is 3.97. The second-order valence-corrected chi connectivity index (χ2v) is 3.37. The van der Waals surface area contributed by atoms with Crippen molar-refractivity contribution < 1.29 is 23.8 Å². The van der Waals surface area contributed by atoms with E-state index in [-0.39, 0.29) is 18.1 Å². The lowest BCUT2D eigenvalue weighted by molar-refractivity contribution is -0.138. The minimum absolute atomic E-state index is 0.00951. The van der Waals surface area contributed by atoms with Crippen molar-refractivity contribution in [3.05, 3.63) is 23.3 Å². The summed E-state index contributed by atoms with van der Waals surface area (Å²) in [6, 6.07) is 1.61. The third kappa shape index (κ3) is 1.67. The maximum atomic E-state index is 12.6. The molecular formula is C10H10FNO4. The van der Waals surface area contributed by atoms with Crippen LogP contribution >= 0.6 is 0 Å². The summed E-state index contributed by atoms with van der Waals surface area (Å²) in [6.07, 6.45) is 0. The average molecular weight is 227 g/mol. The molecule has 1 unspecified atom stereocenters. The molecule has 3 N–H and O–H groups in total. The van der Waals surface area contributed by atoms with Crippen LogP contribution in [-0.4, -0.2) is 17.9 Å². The highest BCUT2D eigenvalue weighted by atomic mass is 19.1. The molecule has 1 heterocycles. The lowest BCUT2D eigenvalue weighted by Gasteiger charge is -2.11. The highest BCUT2D eigenvalue weighted by Crippen LogP contribution is 2.39. The molecule has 1 aromatic rings. The van der Waals surface area contributed by atoms with Crippen LogP contribution in [0.4, 0.5) is 4.39 Å². The normalized spacial score (nSPS) is 14.9. The first-order chi connectivity index (χ1) is 7.63. The number of carbonyl (C=O) groups is 1. The number of benzene rings is 1. The number of hydrogen-bond donors (Lipinski definition) is 2. The zero-order chi connectivity index (χ0) is 11.7. The van der Waals surface area contributed by atoms with Gasteiger partial charge in [0.2, 0.25) is 6.79 Å². The van der Waals surface area contributed by atoms with Gasteiger partial charge >= 0.3 is 5.97 Å². The minimum atomic E-state index is -1.25. The Hall–Kier alpha value is -1.82. The number of rotatable bonds is 3. The van der Waals surface area contributed by atoms with Gasteiger partial charge in [0.15, 0.2) is 11.5 Å². The number of hydrogen-bond acceptors (Lipinski definition) is 4. The standard InChI is InChI=1S/C10H10FNO4/c11-3-5-1-6(8(12)10(13)14)9-7(2-5)15-4-16-9/h1-2,8H,3-4,12H2,(H,13,14). The zero-order valence-electron chi connectivity index (χ0n) is 8.27. The van der Waals surface area contributed by atoms with E-state index in [1.165, 1.54) is 12.1 Å². The molecule has 16 heavy (non-hydrogen) atoms. The topological polar surface area (TPSA) is 81.8 Å². The molecule has 86 valence electrons. The third-order valence-electron chi connectivity index (χ3n) is 2.32. The summed E-state index contributed by atoms with van der Waals surface area (Å²) in [7, 11) is 0. The summed E-state index contributed by atoms with van der Waals surface area (Å²) in [6.45, 7) is -0.722. The Kier molecular flexibility index (Phi) is 2.66. The average Bonchev–Trinajstić information content (AvgIpc) is 2.74. The van der Waals surface area contributed by atoms with E-state index in [9.17, 15) is 9.18 Å². The van der Waals surface area contributed by atoms with Crippen molar-refractivity contribution in [1.82, 2.24) is 0 Å². The fourth-order valence-electron chi connectivity index (χ4n) is 1.54. The van der Waals surface area contributed by atoms with E-state index >= 15 is 0 Å². The molecule has 1 aliphatic heterocycles. The van der Waals surface area contributed by atoms with Gasteiger partial charge in [0.05, 0.1) is 0 Å². The van der Waals surface area contributed by atoms with Crippen molar-refractivity contribution in [3.63, 3.8) is 0 Å².